The molecule has 2 nitrogen and oxygen atoms in total. The zero-order valence-corrected chi connectivity index (χ0v) is 14.5. The lowest BCUT2D eigenvalue weighted by Gasteiger charge is -2.35. The van der Waals surface area contributed by atoms with Crippen molar-refractivity contribution in [2.75, 3.05) is 7.11 Å². The number of ether oxygens (including phenoxy) is 1. The van der Waals surface area contributed by atoms with Crippen LogP contribution in [0.5, 0.6) is 5.75 Å². The lowest BCUT2D eigenvalue weighted by atomic mass is 9.70. The Hall–Kier alpha value is -1.28. The molecule has 2 aliphatic carbocycles. The van der Waals surface area contributed by atoms with Gasteiger partial charge in [-0.2, -0.15) is 0 Å². The van der Waals surface area contributed by atoms with E-state index in [1.165, 1.54) is 32.1 Å². The molecule has 2 unspecified atom stereocenters. The second-order valence-electron chi connectivity index (χ2n) is 6.79. The second-order valence-corrected chi connectivity index (χ2v) is 7.31. The van der Waals surface area contributed by atoms with Gasteiger partial charge in [0.1, 0.15) is 5.75 Å². The maximum atomic E-state index is 12.7. The molecule has 2 fully saturated rings. The fourth-order valence-electron chi connectivity index (χ4n) is 4.06. The van der Waals surface area contributed by atoms with Crippen LogP contribution in [0.25, 0.3) is 6.08 Å². The molecule has 124 valence electrons. The first kappa shape index (κ1) is 16.6. The quantitative estimate of drug-likeness (QED) is 0.558. The van der Waals surface area contributed by atoms with Crippen LogP contribution in [-0.2, 0) is 4.79 Å². The number of Topliss-reactive ketones (excluding diaryl/α,β-unsaturated/α-hetero) is 1. The topological polar surface area (TPSA) is 26.3 Å². The van der Waals surface area contributed by atoms with Gasteiger partial charge in [0.2, 0.25) is 0 Å². The average molecular weight is 333 g/mol. The van der Waals surface area contributed by atoms with E-state index in [0.29, 0.717) is 11.8 Å². The van der Waals surface area contributed by atoms with E-state index in [1.54, 1.807) is 7.11 Å². The highest BCUT2D eigenvalue weighted by atomic mass is 35.5. The monoisotopic (exact) mass is 332 g/mol. The predicted molar refractivity (Wildman–Crippen MR) is 94.9 cm³/mol. The number of hydrogen-bond donors (Lipinski definition) is 0. The molecule has 2 atom stereocenters. The van der Waals surface area contributed by atoms with Crippen molar-refractivity contribution in [3.63, 3.8) is 0 Å². The van der Waals surface area contributed by atoms with Gasteiger partial charge in [0.05, 0.1) is 12.5 Å². The largest absolute Gasteiger partial charge is 0.497 e. The summed E-state index contributed by atoms with van der Waals surface area (Å²) in [6, 6.07) is 7.89. The fourth-order valence-corrected chi connectivity index (χ4v) is 4.31. The highest BCUT2D eigenvalue weighted by Crippen LogP contribution is 2.41. The minimum Gasteiger partial charge on any atom is -0.497 e. The summed E-state index contributed by atoms with van der Waals surface area (Å²) in [5.74, 6) is 2.02. The van der Waals surface area contributed by atoms with Gasteiger partial charge in [-0.15, -0.1) is 11.6 Å². The van der Waals surface area contributed by atoms with Gasteiger partial charge >= 0.3 is 0 Å². The molecular weight excluding hydrogens is 308 g/mol. The van der Waals surface area contributed by atoms with Gasteiger partial charge in [-0.05, 0) is 61.3 Å². The summed E-state index contributed by atoms with van der Waals surface area (Å²) < 4.78 is 5.20. The minimum atomic E-state index is -0.348. The lowest BCUT2D eigenvalue weighted by molar-refractivity contribution is -0.117. The minimum absolute atomic E-state index is 0.143. The van der Waals surface area contributed by atoms with Crippen LogP contribution in [0.1, 0.15) is 50.5 Å². The number of benzene rings is 1. The van der Waals surface area contributed by atoms with Crippen molar-refractivity contribution >= 4 is 23.5 Å². The first-order valence-corrected chi connectivity index (χ1v) is 9.16. The number of ketones is 1. The van der Waals surface area contributed by atoms with Crippen LogP contribution in [0.2, 0.25) is 0 Å². The Morgan fingerprint density at radius 1 is 1.04 bits per heavy atom. The predicted octanol–water partition coefficient (Wildman–Crippen LogP) is 5.25. The highest BCUT2D eigenvalue weighted by molar-refractivity contribution is 6.34. The van der Waals surface area contributed by atoms with E-state index in [-0.39, 0.29) is 11.2 Å². The molecule has 0 N–H and O–H groups in total. The molecule has 0 amide bonds. The third-order valence-corrected chi connectivity index (χ3v) is 5.77. The Morgan fingerprint density at radius 2 is 1.74 bits per heavy atom. The van der Waals surface area contributed by atoms with E-state index in [0.717, 1.165) is 29.7 Å². The molecule has 1 aromatic rings. The third-order valence-electron chi connectivity index (χ3n) is 5.36. The number of alkyl halides is 1. The Morgan fingerprint density at radius 3 is 2.39 bits per heavy atom. The van der Waals surface area contributed by atoms with Crippen LogP contribution in [0.3, 0.4) is 0 Å². The Balaban J connectivity index is 1.88. The van der Waals surface area contributed by atoms with Crippen molar-refractivity contribution in [1.82, 2.24) is 0 Å². The summed E-state index contributed by atoms with van der Waals surface area (Å²) in [4.78, 5) is 12.7. The molecule has 2 aliphatic rings. The fraction of sp³-hybridized carbons (Fsp3) is 0.550. The van der Waals surface area contributed by atoms with Gasteiger partial charge in [-0.3, -0.25) is 4.79 Å². The van der Waals surface area contributed by atoms with Crippen molar-refractivity contribution in [2.45, 2.75) is 50.3 Å². The summed E-state index contributed by atoms with van der Waals surface area (Å²) in [7, 11) is 1.66. The number of methoxy groups -OCH3 is 1. The van der Waals surface area contributed by atoms with Gasteiger partial charge in [-0.1, -0.05) is 31.4 Å². The molecule has 1 aromatic carbocycles. The van der Waals surface area contributed by atoms with Gasteiger partial charge in [0.15, 0.2) is 5.78 Å². The van der Waals surface area contributed by atoms with E-state index >= 15 is 0 Å². The molecule has 3 heteroatoms. The van der Waals surface area contributed by atoms with Crippen LogP contribution in [0.4, 0.5) is 0 Å². The van der Waals surface area contributed by atoms with E-state index in [9.17, 15) is 4.79 Å². The molecule has 3 rings (SSSR count). The average Bonchev–Trinajstić information content (AvgIpc) is 2.60. The summed E-state index contributed by atoms with van der Waals surface area (Å²) in [6.45, 7) is 0. The van der Waals surface area contributed by atoms with Crippen molar-refractivity contribution in [2.24, 2.45) is 11.8 Å². The number of allylic oxidation sites excluding steroid dienone is 1. The molecule has 2 saturated carbocycles. The molecule has 0 spiro atoms. The normalized spacial score (nSPS) is 28.1. The molecule has 23 heavy (non-hydrogen) atoms. The van der Waals surface area contributed by atoms with Crippen LogP contribution in [-0.4, -0.2) is 18.3 Å². The molecule has 0 radical (unpaired) electrons. The first-order chi connectivity index (χ1) is 11.2. The number of carbonyl (C=O) groups is 1. The van der Waals surface area contributed by atoms with E-state index < -0.39 is 0 Å². The Labute approximate surface area is 143 Å². The molecule has 0 heterocycles. The number of carbonyl (C=O) groups excluding carboxylic acids is 1. The third kappa shape index (κ3) is 3.80. The van der Waals surface area contributed by atoms with E-state index in [2.05, 4.69) is 6.08 Å². The second kappa shape index (κ2) is 7.53. The maximum Gasteiger partial charge on any atom is 0.176 e. The molecule has 0 saturated heterocycles. The summed E-state index contributed by atoms with van der Waals surface area (Å²) >= 11 is 6.27. The van der Waals surface area contributed by atoms with Crippen LogP contribution >= 0.6 is 11.6 Å². The Kier molecular flexibility index (Phi) is 5.42. The van der Waals surface area contributed by atoms with Crippen LogP contribution in [0.15, 0.2) is 29.8 Å². The van der Waals surface area contributed by atoms with Gasteiger partial charge in [0.25, 0.3) is 0 Å². The van der Waals surface area contributed by atoms with E-state index in [4.69, 9.17) is 16.3 Å². The van der Waals surface area contributed by atoms with Crippen molar-refractivity contribution in [1.29, 1.82) is 0 Å². The van der Waals surface area contributed by atoms with Gasteiger partial charge in [0, 0.05) is 5.57 Å². The smallest absolute Gasteiger partial charge is 0.176 e. The number of hydrogen-bond acceptors (Lipinski definition) is 2. The summed E-state index contributed by atoms with van der Waals surface area (Å²) in [6.07, 6.45) is 10.4. The maximum absolute atomic E-state index is 12.7. The number of halogens is 1. The lowest BCUT2D eigenvalue weighted by Crippen LogP contribution is -2.33. The summed E-state index contributed by atoms with van der Waals surface area (Å²) in [5.41, 5.74) is 2.01. The highest BCUT2D eigenvalue weighted by Gasteiger charge is 2.36. The van der Waals surface area contributed by atoms with Gasteiger partial charge < -0.3 is 4.74 Å². The molecule has 0 aliphatic heterocycles. The van der Waals surface area contributed by atoms with Crippen molar-refractivity contribution in [3.05, 3.63) is 35.4 Å². The van der Waals surface area contributed by atoms with Crippen molar-refractivity contribution in [3.8, 4) is 5.75 Å². The van der Waals surface area contributed by atoms with Crippen molar-refractivity contribution < 1.29 is 9.53 Å². The molecule has 0 bridgehead atoms. The zero-order chi connectivity index (χ0) is 16.2. The van der Waals surface area contributed by atoms with Gasteiger partial charge in [-0.25, -0.2) is 0 Å². The zero-order valence-electron chi connectivity index (χ0n) is 13.8. The SMILES string of the molecule is COc1ccc(C=C2C(=O)C(Cl)CCC2C2CCCCC2)cc1. The molecule has 0 aromatic heterocycles. The van der Waals surface area contributed by atoms with Crippen LogP contribution in [0, 0.1) is 11.8 Å². The standard InChI is InChI=1S/C20H25ClO2/c1-23-16-9-7-14(8-10-16)13-18-17(11-12-19(21)20(18)22)15-5-3-2-4-6-15/h7-10,13,15,17,19H,2-6,11-12H2,1H3. The van der Waals surface area contributed by atoms with Crippen LogP contribution < -0.4 is 4.74 Å². The Bertz CT molecular complexity index is 570. The molecular formula is C20H25ClO2. The van der Waals surface area contributed by atoms with E-state index in [1.807, 2.05) is 24.3 Å². The summed E-state index contributed by atoms with van der Waals surface area (Å²) in [5, 5.41) is -0.348. The first-order valence-electron chi connectivity index (χ1n) is 8.73. The number of rotatable bonds is 3.